The summed E-state index contributed by atoms with van der Waals surface area (Å²) in [6.45, 7) is 2.04. The third-order valence-electron chi connectivity index (χ3n) is 2.52. The van der Waals surface area contributed by atoms with Crippen molar-refractivity contribution in [1.29, 1.82) is 0 Å². The molecule has 0 radical (unpaired) electrons. The number of hydrogen-bond donors (Lipinski definition) is 0. The Bertz CT molecular complexity index is 568. The first-order chi connectivity index (χ1) is 8.60. The van der Waals surface area contributed by atoms with E-state index >= 15 is 0 Å². The van der Waals surface area contributed by atoms with E-state index in [-0.39, 0.29) is 14.9 Å². The average Bonchev–Trinajstić information content (AvgIpc) is 2.34. The summed E-state index contributed by atoms with van der Waals surface area (Å²) in [6, 6.07) is 10.7. The van der Waals surface area contributed by atoms with Gasteiger partial charge in [0, 0.05) is 10.0 Å². The lowest BCUT2D eigenvalue weighted by atomic mass is 10.1. The van der Waals surface area contributed by atoms with Crippen LogP contribution in [0.5, 0.6) is 11.5 Å². The largest absolute Gasteiger partial charge is 0.456 e. The molecule has 0 heterocycles. The van der Waals surface area contributed by atoms with Crippen LogP contribution in [-0.4, -0.2) is 0 Å². The molecule has 1 nitrogen and oxygen atoms in total. The highest BCUT2D eigenvalue weighted by Gasteiger charge is 2.07. The lowest BCUT2D eigenvalue weighted by molar-refractivity contribution is 0.477. The lowest BCUT2D eigenvalue weighted by Gasteiger charge is -2.11. The predicted octanol–water partition coefficient (Wildman–Crippen LogP) is 7.27. The van der Waals surface area contributed by atoms with Crippen LogP contribution in [0.25, 0.3) is 0 Å². The molecule has 0 aliphatic carbocycles. The van der Waals surface area contributed by atoms with E-state index < -0.39 is 0 Å². The molecular weight excluding hydrogens is 315 g/mol. The fraction of sp³-hybridized carbons (Fsp3) is 0.250. The summed E-state index contributed by atoms with van der Waals surface area (Å²) >= 11 is 17.9. The van der Waals surface area contributed by atoms with Gasteiger partial charge < -0.3 is 4.74 Å². The van der Waals surface area contributed by atoms with E-state index in [1.807, 2.05) is 19.1 Å². The number of hydrogen-bond acceptors (Lipinski definition) is 1. The standard InChI is InChI=1S/C14H11Cl3O.2CH4/c1-2-9-7-10(15)3-5-13(9)18-14-6-4-11(16)8-12(14)17;;/h3-8H,2H2,1H3;2*1H4. The molecule has 0 saturated heterocycles. The lowest BCUT2D eigenvalue weighted by Crippen LogP contribution is -1.91. The van der Waals surface area contributed by atoms with Crippen LogP contribution in [0.1, 0.15) is 27.3 Å². The van der Waals surface area contributed by atoms with Gasteiger partial charge >= 0.3 is 0 Å². The Balaban J connectivity index is 0.00000180. The molecule has 0 unspecified atom stereocenters. The molecule has 0 aliphatic rings. The van der Waals surface area contributed by atoms with Crippen molar-refractivity contribution in [2.75, 3.05) is 0 Å². The zero-order valence-electron chi connectivity index (χ0n) is 9.71. The summed E-state index contributed by atoms with van der Waals surface area (Å²) in [5.41, 5.74) is 1.04. The monoisotopic (exact) mass is 332 g/mol. The number of aryl methyl sites for hydroxylation is 1. The summed E-state index contributed by atoms with van der Waals surface area (Å²) in [7, 11) is 0. The quantitative estimate of drug-likeness (QED) is 0.573. The van der Waals surface area contributed by atoms with Crippen LogP contribution in [0.2, 0.25) is 15.1 Å². The van der Waals surface area contributed by atoms with Gasteiger partial charge in [-0.05, 0) is 48.4 Å². The second-order valence-electron chi connectivity index (χ2n) is 3.78. The first-order valence-electron chi connectivity index (χ1n) is 5.51. The van der Waals surface area contributed by atoms with E-state index in [2.05, 4.69) is 0 Å². The van der Waals surface area contributed by atoms with E-state index in [1.54, 1.807) is 24.3 Å². The van der Waals surface area contributed by atoms with Gasteiger partial charge in [-0.1, -0.05) is 56.6 Å². The van der Waals surface area contributed by atoms with Crippen LogP contribution in [0, 0.1) is 0 Å². The number of halogens is 3. The first-order valence-corrected chi connectivity index (χ1v) is 6.65. The Labute approximate surface area is 136 Å². The van der Waals surface area contributed by atoms with Gasteiger partial charge in [0.2, 0.25) is 0 Å². The maximum Gasteiger partial charge on any atom is 0.146 e. The van der Waals surface area contributed by atoms with E-state index in [1.165, 1.54) is 0 Å². The van der Waals surface area contributed by atoms with Crippen LogP contribution >= 0.6 is 34.8 Å². The molecular formula is C16H19Cl3O. The minimum Gasteiger partial charge on any atom is -0.456 e. The van der Waals surface area contributed by atoms with Crippen LogP contribution in [-0.2, 0) is 6.42 Å². The molecule has 0 spiro atoms. The summed E-state index contributed by atoms with van der Waals surface area (Å²) in [4.78, 5) is 0. The maximum atomic E-state index is 6.07. The molecule has 0 atom stereocenters. The molecule has 0 bridgehead atoms. The minimum atomic E-state index is 0. The highest BCUT2D eigenvalue weighted by Crippen LogP contribution is 2.34. The first kappa shape index (κ1) is 19.1. The van der Waals surface area contributed by atoms with Gasteiger partial charge in [-0.25, -0.2) is 0 Å². The van der Waals surface area contributed by atoms with Gasteiger partial charge in [-0.15, -0.1) is 0 Å². The highest BCUT2D eigenvalue weighted by molar-refractivity contribution is 6.35. The van der Waals surface area contributed by atoms with Gasteiger partial charge in [0.1, 0.15) is 11.5 Å². The van der Waals surface area contributed by atoms with Crippen molar-refractivity contribution in [3.05, 3.63) is 57.0 Å². The molecule has 0 N–H and O–H groups in total. The molecule has 0 aromatic heterocycles. The van der Waals surface area contributed by atoms with Crippen molar-refractivity contribution < 1.29 is 4.74 Å². The van der Waals surface area contributed by atoms with E-state index in [0.29, 0.717) is 20.8 Å². The Morgan fingerprint density at radius 2 is 1.40 bits per heavy atom. The predicted molar refractivity (Wildman–Crippen MR) is 90.8 cm³/mol. The van der Waals surface area contributed by atoms with Gasteiger partial charge in [-0.2, -0.15) is 0 Å². The van der Waals surface area contributed by atoms with E-state index in [0.717, 1.165) is 17.7 Å². The second-order valence-corrected chi connectivity index (χ2v) is 5.06. The van der Waals surface area contributed by atoms with Crippen LogP contribution in [0.3, 0.4) is 0 Å². The van der Waals surface area contributed by atoms with Crippen LogP contribution < -0.4 is 4.74 Å². The third kappa shape index (κ3) is 4.59. The van der Waals surface area contributed by atoms with E-state index in [9.17, 15) is 0 Å². The van der Waals surface area contributed by atoms with Gasteiger partial charge in [0.25, 0.3) is 0 Å². The molecule has 0 fully saturated rings. The molecule has 20 heavy (non-hydrogen) atoms. The fourth-order valence-electron chi connectivity index (χ4n) is 1.60. The Morgan fingerprint density at radius 1 is 0.850 bits per heavy atom. The Hall–Kier alpha value is -0.890. The summed E-state index contributed by atoms with van der Waals surface area (Å²) in [5.74, 6) is 1.34. The third-order valence-corrected chi connectivity index (χ3v) is 3.28. The molecule has 0 saturated carbocycles. The zero-order valence-corrected chi connectivity index (χ0v) is 12.0. The van der Waals surface area contributed by atoms with Crippen molar-refractivity contribution >= 4 is 34.8 Å². The van der Waals surface area contributed by atoms with Crippen molar-refractivity contribution in [2.45, 2.75) is 28.2 Å². The summed E-state index contributed by atoms with van der Waals surface area (Å²) in [5, 5.41) is 1.76. The van der Waals surface area contributed by atoms with Crippen molar-refractivity contribution in [3.8, 4) is 11.5 Å². The van der Waals surface area contributed by atoms with Crippen LogP contribution in [0.15, 0.2) is 36.4 Å². The minimum absolute atomic E-state index is 0. The number of rotatable bonds is 3. The molecule has 110 valence electrons. The van der Waals surface area contributed by atoms with Crippen molar-refractivity contribution in [2.24, 2.45) is 0 Å². The fourth-order valence-corrected chi connectivity index (χ4v) is 2.24. The SMILES string of the molecule is C.C.CCc1cc(Cl)ccc1Oc1ccc(Cl)cc1Cl. The molecule has 0 amide bonds. The van der Waals surface area contributed by atoms with Crippen molar-refractivity contribution in [3.63, 3.8) is 0 Å². The van der Waals surface area contributed by atoms with Gasteiger partial charge in [0.05, 0.1) is 5.02 Å². The Morgan fingerprint density at radius 3 is 1.95 bits per heavy atom. The van der Waals surface area contributed by atoms with E-state index in [4.69, 9.17) is 39.5 Å². The summed E-state index contributed by atoms with van der Waals surface area (Å²) < 4.78 is 5.79. The average molecular weight is 334 g/mol. The van der Waals surface area contributed by atoms with Gasteiger partial charge in [0.15, 0.2) is 0 Å². The normalized spacial score (nSPS) is 9.40. The molecule has 2 rings (SSSR count). The van der Waals surface area contributed by atoms with Crippen molar-refractivity contribution in [1.82, 2.24) is 0 Å². The van der Waals surface area contributed by atoms with Crippen LogP contribution in [0.4, 0.5) is 0 Å². The topological polar surface area (TPSA) is 9.23 Å². The molecule has 2 aromatic carbocycles. The highest BCUT2D eigenvalue weighted by atomic mass is 35.5. The Kier molecular flexibility index (Phi) is 8.03. The maximum absolute atomic E-state index is 6.07. The smallest absolute Gasteiger partial charge is 0.146 e. The summed E-state index contributed by atoms with van der Waals surface area (Å²) in [6.07, 6.45) is 0.834. The zero-order chi connectivity index (χ0) is 13.1. The molecule has 0 aliphatic heterocycles. The second kappa shape index (κ2) is 8.41. The number of ether oxygens (including phenoxy) is 1. The molecule has 4 heteroatoms. The number of benzene rings is 2. The molecule has 2 aromatic rings. The van der Waals surface area contributed by atoms with Gasteiger partial charge in [-0.3, -0.25) is 0 Å².